The van der Waals surface area contributed by atoms with Crippen LogP contribution in [0.2, 0.25) is 0 Å². The van der Waals surface area contributed by atoms with E-state index in [1.165, 1.54) is 6.92 Å². The molecule has 1 aromatic heterocycles. The van der Waals surface area contributed by atoms with Gasteiger partial charge in [0.25, 0.3) is 5.56 Å². The van der Waals surface area contributed by atoms with Crippen molar-refractivity contribution in [2.24, 2.45) is 20.7 Å². The van der Waals surface area contributed by atoms with Crippen LogP contribution in [0.25, 0.3) is 11.1 Å². The third-order valence-corrected chi connectivity index (χ3v) is 11.3. The van der Waals surface area contributed by atoms with Gasteiger partial charge in [0, 0.05) is 36.6 Å². The Morgan fingerprint density at radius 2 is 1.25 bits per heavy atom. The van der Waals surface area contributed by atoms with Gasteiger partial charge in [-0.05, 0) is 68.3 Å². The number of esters is 1. The number of aryl methyl sites for hydroxylation is 2. The van der Waals surface area contributed by atoms with Gasteiger partial charge < -0.3 is 4.74 Å². The first-order chi connectivity index (χ1) is 29.3. The van der Waals surface area contributed by atoms with Crippen molar-refractivity contribution in [3.63, 3.8) is 0 Å². The number of ether oxygens (including phenoxy) is 1. The lowest BCUT2D eigenvalue weighted by Gasteiger charge is -2.45. The highest BCUT2D eigenvalue weighted by Crippen LogP contribution is 2.58. The van der Waals surface area contributed by atoms with Gasteiger partial charge >= 0.3 is 5.97 Å². The molecule has 1 aliphatic heterocycles. The third-order valence-electron chi connectivity index (χ3n) is 11.3. The Morgan fingerprint density at radius 3 is 1.83 bits per heavy atom. The first-order valence-corrected chi connectivity index (χ1v) is 20.3. The summed E-state index contributed by atoms with van der Waals surface area (Å²) in [6.07, 6.45) is 1.95. The minimum Gasteiger partial charge on any atom is -0.461 e. The minimum absolute atomic E-state index is 0.0521. The molecule has 60 heavy (non-hydrogen) atoms. The first kappa shape index (κ1) is 39.7. The molecule has 0 amide bonds. The molecule has 0 bridgehead atoms. The van der Waals surface area contributed by atoms with Gasteiger partial charge in [-0.2, -0.15) is 0 Å². The van der Waals surface area contributed by atoms with Crippen LogP contribution in [0, 0.1) is 6.92 Å². The number of hydrogen-bond donors (Lipinski definition) is 0. The van der Waals surface area contributed by atoms with E-state index in [-0.39, 0.29) is 18.1 Å². The number of carbonyl (C=O) groups excluding carboxylic acids is 1. The van der Waals surface area contributed by atoms with E-state index in [1.807, 2.05) is 102 Å². The monoisotopic (exact) mass is 790 g/mol. The van der Waals surface area contributed by atoms with Gasteiger partial charge in [-0.1, -0.05) is 171 Å². The normalized spacial score (nSPS) is 13.1. The number of rotatable bonds is 14. The summed E-state index contributed by atoms with van der Waals surface area (Å²) < 4.78 is 7.04. The summed E-state index contributed by atoms with van der Waals surface area (Å²) >= 11 is 0. The van der Waals surface area contributed by atoms with Gasteiger partial charge in [-0.3, -0.25) is 14.2 Å². The largest absolute Gasteiger partial charge is 0.461 e. The van der Waals surface area contributed by atoms with E-state index in [2.05, 4.69) is 90.2 Å². The van der Waals surface area contributed by atoms with Crippen LogP contribution in [0.3, 0.4) is 0 Å². The van der Waals surface area contributed by atoms with E-state index in [0.29, 0.717) is 24.9 Å². The average molecular weight is 791 g/mol. The molecule has 0 spiro atoms. The van der Waals surface area contributed by atoms with Gasteiger partial charge in [0.2, 0.25) is 5.66 Å². The molecule has 0 atom stereocenters. The fourth-order valence-corrected chi connectivity index (χ4v) is 8.58. The smallest absolute Gasteiger partial charge is 0.302 e. The molecule has 0 N–H and O–H groups in total. The Bertz CT molecular complexity index is 2620. The Balaban J connectivity index is 1.20. The summed E-state index contributed by atoms with van der Waals surface area (Å²) in [4.78, 5) is 30.8. The lowest BCUT2D eigenvalue weighted by molar-refractivity contribution is -0.142. The summed E-state index contributed by atoms with van der Waals surface area (Å²) in [5, 5.41) is 18.6. The van der Waals surface area contributed by atoms with Crippen molar-refractivity contribution in [2.75, 3.05) is 0 Å². The maximum atomic E-state index is 14.4. The number of nitrogens with zero attached hydrogens (tertiary/aromatic N) is 6. The molecule has 0 saturated carbocycles. The minimum atomic E-state index is -1.32. The van der Waals surface area contributed by atoms with Crippen LogP contribution < -0.4 is 5.56 Å². The molecule has 0 saturated heterocycles. The molecule has 9 nitrogen and oxygen atoms in total. The van der Waals surface area contributed by atoms with Crippen molar-refractivity contribution in [3.8, 4) is 11.1 Å². The summed E-state index contributed by atoms with van der Waals surface area (Å²) in [5.41, 5.74) is 7.59. The first-order valence-electron chi connectivity index (χ1n) is 20.3. The maximum absolute atomic E-state index is 14.4. The van der Waals surface area contributed by atoms with Crippen molar-refractivity contribution in [1.29, 1.82) is 0 Å². The van der Waals surface area contributed by atoms with E-state index in [4.69, 9.17) is 19.9 Å². The second-order valence-electron chi connectivity index (χ2n) is 15.2. The van der Waals surface area contributed by atoms with E-state index in [0.717, 1.165) is 68.0 Å². The summed E-state index contributed by atoms with van der Waals surface area (Å²) in [5.74, 6) is 0.429. The number of benzene rings is 6. The topological polar surface area (TPSA) is 111 Å². The molecular weight excluding hydrogens is 745 g/mol. The lowest BCUT2D eigenvalue weighted by atomic mass is 9.59. The number of hydrogen-bond acceptors (Lipinski definition) is 8. The molecule has 8 rings (SSSR count). The van der Waals surface area contributed by atoms with E-state index >= 15 is 0 Å². The Labute approximate surface area is 350 Å². The Morgan fingerprint density at radius 1 is 0.683 bits per heavy atom. The standard InChI is InChI=1S/C51H46N6O3/c1-4-17-48-52-36(2)46(33-39-18-16-19-40(32-39)35-60-37(3)58)49(59)57(48)34-38-28-30-41(31-29-38)45-26-14-15-27-47(45)51(53-55-56-54-51)50(42-20-8-5-9-21-42,43-22-10-6-11-23-43)44-24-12-7-13-25-44/h5-16,18-32H,4,17,33-35H2,1-3H3. The third kappa shape index (κ3) is 7.50. The molecule has 2 heterocycles. The zero-order chi connectivity index (χ0) is 41.5. The highest BCUT2D eigenvalue weighted by Gasteiger charge is 2.60. The van der Waals surface area contributed by atoms with Gasteiger partial charge in [0.05, 0.1) is 12.0 Å². The van der Waals surface area contributed by atoms with Gasteiger partial charge in [0.1, 0.15) is 12.4 Å². The molecule has 9 heteroatoms. The van der Waals surface area contributed by atoms with Crippen molar-refractivity contribution >= 4 is 5.97 Å². The fourth-order valence-electron chi connectivity index (χ4n) is 8.58. The molecule has 1 aliphatic rings. The van der Waals surface area contributed by atoms with Crippen LogP contribution >= 0.6 is 0 Å². The SMILES string of the molecule is CCCc1nc(C)c(Cc2cccc(COC(C)=O)c2)c(=O)n1Cc1ccc(-c2ccccc2C2(C(c3ccccc3)(c3ccccc3)c3ccccc3)N=NN=N2)cc1. The van der Waals surface area contributed by atoms with Gasteiger partial charge in [0.15, 0.2) is 0 Å². The van der Waals surface area contributed by atoms with Crippen molar-refractivity contribution in [1.82, 2.24) is 9.55 Å². The quantitative estimate of drug-likeness (QED) is 0.0806. The van der Waals surface area contributed by atoms with Gasteiger partial charge in [-0.25, -0.2) is 4.98 Å². The summed E-state index contributed by atoms with van der Waals surface area (Å²) in [6, 6.07) is 55.5. The van der Waals surface area contributed by atoms with Crippen LogP contribution in [0.4, 0.5) is 0 Å². The Kier molecular flexibility index (Phi) is 11.5. The molecule has 6 aromatic carbocycles. The van der Waals surface area contributed by atoms with E-state index in [1.54, 1.807) is 0 Å². The zero-order valence-electron chi connectivity index (χ0n) is 34.0. The predicted molar refractivity (Wildman–Crippen MR) is 234 cm³/mol. The van der Waals surface area contributed by atoms with Crippen LogP contribution in [0.5, 0.6) is 0 Å². The number of aromatic nitrogens is 2. The summed E-state index contributed by atoms with van der Waals surface area (Å²) in [6.45, 7) is 5.95. The van der Waals surface area contributed by atoms with Gasteiger partial charge in [-0.15, -0.1) is 10.2 Å². The van der Waals surface area contributed by atoms with Crippen molar-refractivity contribution < 1.29 is 9.53 Å². The molecule has 0 unspecified atom stereocenters. The van der Waals surface area contributed by atoms with Crippen molar-refractivity contribution in [3.05, 3.63) is 230 Å². The Hall–Kier alpha value is -7.13. The predicted octanol–water partition coefficient (Wildman–Crippen LogP) is 10.9. The molecule has 7 aromatic rings. The highest BCUT2D eigenvalue weighted by atomic mass is 16.5. The fraction of sp³-hybridized carbons (Fsp3) is 0.196. The molecule has 0 fully saturated rings. The molecule has 0 radical (unpaired) electrons. The van der Waals surface area contributed by atoms with Crippen LogP contribution in [-0.2, 0) is 46.6 Å². The summed E-state index contributed by atoms with van der Waals surface area (Å²) in [7, 11) is 0. The lowest BCUT2D eigenvalue weighted by Crippen LogP contribution is -2.48. The van der Waals surface area contributed by atoms with Crippen LogP contribution in [0.1, 0.15) is 76.3 Å². The molecular formula is C51H46N6O3. The molecule has 0 aliphatic carbocycles. The average Bonchev–Trinajstić information content (AvgIpc) is 3.79. The second-order valence-corrected chi connectivity index (χ2v) is 15.2. The maximum Gasteiger partial charge on any atom is 0.302 e. The van der Waals surface area contributed by atoms with E-state index < -0.39 is 11.1 Å². The number of carbonyl (C=O) groups is 1. The van der Waals surface area contributed by atoms with Crippen molar-refractivity contribution in [2.45, 2.75) is 64.3 Å². The highest BCUT2D eigenvalue weighted by molar-refractivity contribution is 5.72. The second kappa shape index (κ2) is 17.4. The van der Waals surface area contributed by atoms with Crippen LogP contribution in [0.15, 0.2) is 189 Å². The van der Waals surface area contributed by atoms with E-state index in [9.17, 15) is 9.59 Å². The van der Waals surface area contributed by atoms with Crippen LogP contribution in [-0.4, -0.2) is 15.5 Å². The molecule has 298 valence electrons. The zero-order valence-corrected chi connectivity index (χ0v) is 34.0.